The summed E-state index contributed by atoms with van der Waals surface area (Å²) < 4.78 is 38.5. The number of ether oxygens (including phenoxy) is 2. The number of fused-ring (bicyclic) bond motifs is 4. The van der Waals surface area contributed by atoms with Gasteiger partial charge in [0.1, 0.15) is 11.8 Å². The van der Waals surface area contributed by atoms with Crippen LogP contribution in [0.5, 0.6) is 5.75 Å². The second kappa shape index (κ2) is 9.74. The van der Waals surface area contributed by atoms with Crippen LogP contribution in [0.15, 0.2) is 45.0 Å². The average Bonchev–Trinajstić information content (AvgIpc) is 3.27. The highest BCUT2D eigenvalue weighted by Gasteiger charge is 2.32. The number of anilines is 1. The molecule has 0 saturated carbocycles. The van der Waals surface area contributed by atoms with Crippen LogP contribution in [-0.4, -0.2) is 65.4 Å². The van der Waals surface area contributed by atoms with Gasteiger partial charge in [-0.1, -0.05) is 0 Å². The Bertz CT molecular complexity index is 1410. The van der Waals surface area contributed by atoms with E-state index in [9.17, 15) is 13.6 Å². The van der Waals surface area contributed by atoms with Crippen molar-refractivity contribution in [1.82, 2.24) is 19.7 Å². The Labute approximate surface area is 208 Å². The van der Waals surface area contributed by atoms with Gasteiger partial charge in [0.2, 0.25) is 0 Å². The quantitative estimate of drug-likeness (QED) is 0.477. The van der Waals surface area contributed by atoms with E-state index in [4.69, 9.17) is 14.9 Å². The summed E-state index contributed by atoms with van der Waals surface area (Å²) in [6, 6.07) is 5.57. The molecule has 0 spiro atoms. The number of pyridine rings is 1. The van der Waals surface area contributed by atoms with Crippen LogP contribution in [0.4, 0.5) is 14.5 Å². The van der Waals surface area contributed by atoms with Crippen molar-refractivity contribution in [2.24, 2.45) is 10.9 Å². The Kier molecular flexibility index (Phi) is 6.49. The Morgan fingerprint density at radius 3 is 2.94 bits per heavy atom. The van der Waals surface area contributed by atoms with Crippen molar-refractivity contribution in [3.05, 3.63) is 35.8 Å². The molecule has 10 nitrogen and oxygen atoms in total. The minimum absolute atomic E-state index is 0.0635. The zero-order valence-electron chi connectivity index (χ0n) is 19.3. The molecule has 1 amide bonds. The van der Waals surface area contributed by atoms with Crippen LogP contribution in [0.3, 0.4) is 0 Å². The van der Waals surface area contributed by atoms with Crippen molar-refractivity contribution in [3.8, 4) is 5.75 Å². The Balaban J connectivity index is 1.53. The lowest BCUT2D eigenvalue weighted by Gasteiger charge is -2.26. The number of aromatic nitrogens is 4. The molecule has 36 heavy (non-hydrogen) atoms. The molecule has 1 N–H and O–H groups in total. The first-order valence-electron chi connectivity index (χ1n) is 10.9. The first-order chi connectivity index (χ1) is 17.4. The standard InChI is InChI=1S/C23H21F2N7O3S/c1-27-8-13(7-26)12-5-18(35-22(24)25)21-29-30-23(32(21)10-12)36-14-3-4-16-15(6-14)20-17(9-28-16)31(2)19(33)11-34-20/h3-4,6-10,13,18,22,26H,5,11H2,1-2H3. The summed E-state index contributed by atoms with van der Waals surface area (Å²) in [5, 5.41) is 17.2. The Morgan fingerprint density at radius 2 is 2.19 bits per heavy atom. The van der Waals surface area contributed by atoms with Gasteiger partial charge in [0.25, 0.3) is 5.91 Å². The van der Waals surface area contributed by atoms with E-state index in [2.05, 4.69) is 20.2 Å². The molecule has 0 saturated heterocycles. The zero-order chi connectivity index (χ0) is 25.4. The second-order valence-electron chi connectivity index (χ2n) is 8.10. The fourth-order valence-electron chi connectivity index (χ4n) is 4.15. The molecule has 0 bridgehead atoms. The van der Waals surface area contributed by atoms with Crippen LogP contribution in [0.25, 0.3) is 17.1 Å². The van der Waals surface area contributed by atoms with E-state index in [1.165, 1.54) is 22.9 Å². The average molecular weight is 514 g/mol. The Hall–Kier alpha value is -3.71. The number of alkyl halides is 2. The number of aliphatic imine (C=N–C) groups is 1. The third-order valence-corrected chi connectivity index (χ3v) is 6.89. The lowest BCUT2D eigenvalue weighted by Crippen LogP contribution is -2.35. The molecular weight excluding hydrogens is 492 g/mol. The molecule has 2 aliphatic heterocycles. The molecule has 2 aliphatic rings. The number of likely N-dealkylation sites (N-methyl/N-ethyl adjacent to an activating group) is 1. The van der Waals surface area contributed by atoms with Crippen molar-refractivity contribution in [3.63, 3.8) is 0 Å². The number of benzene rings is 1. The molecule has 0 aliphatic carbocycles. The molecule has 1 aromatic carbocycles. The van der Waals surface area contributed by atoms with Gasteiger partial charge in [-0.3, -0.25) is 19.3 Å². The third-order valence-electron chi connectivity index (χ3n) is 5.94. The molecule has 0 fully saturated rings. The minimum atomic E-state index is -2.99. The zero-order valence-corrected chi connectivity index (χ0v) is 20.1. The van der Waals surface area contributed by atoms with E-state index in [0.29, 0.717) is 27.7 Å². The van der Waals surface area contributed by atoms with Gasteiger partial charge in [0.05, 0.1) is 17.6 Å². The fraction of sp³-hybridized carbons (Fsp3) is 0.304. The van der Waals surface area contributed by atoms with Crippen molar-refractivity contribution in [1.29, 1.82) is 5.41 Å². The molecule has 2 unspecified atom stereocenters. The summed E-state index contributed by atoms with van der Waals surface area (Å²) in [7, 11) is 3.26. The Morgan fingerprint density at radius 1 is 1.36 bits per heavy atom. The SMILES string of the molecule is CN=CC(C=N)C1=Cn2c(Sc3ccc4ncc5c(c4c3)OCC(=O)N5C)nnc2C(OC(F)F)C1. The largest absolute Gasteiger partial charge is 0.481 e. The predicted octanol–water partition coefficient (Wildman–Crippen LogP) is 3.82. The van der Waals surface area contributed by atoms with Gasteiger partial charge in [0, 0.05) is 49.4 Å². The lowest BCUT2D eigenvalue weighted by atomic mass is 9.94. The van der Waals surface area contributed by atoms with Gasteiger partial charge < -0.3 is 19.8 Å². The molecule has 13 heteroatoms. The minimum Gasteiger partial charge on any atom is -0.481 e. The summed E-state index contributed by atoms with van der Waals surface area (Å²) in [6.45, 7) is -3.05. The van der Waals surface area contributed by atoms with Gasteiger partial charge in [0.15, 0.2) is 23.3 Å². The summed E-state index contributed by atoms with van der Waals surface area (Å²) in [5.74, 6) is 0.182. The van der Waals surface area contributed by atoms with Gasteiger partial charge in [-0.05, 0) is 35.5 Å². The molecule has 186 valence electrons. The predicted molar refractivity (Wildman–Crippen MR) is 130 cm³/mol. The van der Waals surface area contributed by atoms with E-state index >= 15 is 0 Å². The molecule has 2 aromatic heterocycles. The summed E-state index contributed by atoms with van der Waals surface area (Å²) >= 11 is 1.28. The van der Waals surface area contributed by atoms with Crippen LogP contribution < -0.4 is 9.64 Å². The maximum absolute atomic E-state index is 13.1. The summed E-state index contributed by atoms with van der Waals surface area (Å²) in [4.78, 5) is 22.7. The molecule has 4 heterocycles. The maximum atomic E-state index is 13.1. The normalized spacial score (nSPS) is 18.2. The first kappa shape index (κ1) is 24.0. The smallest absolute Gasteiger partial charge is 0.346 e. The van der Waals surface area contributed by atoms with Crippen LogP contribution in [0.1, 0.15) is 18.3 Å². The topological polar surface area (TPSA) is 119 Å². The van der Waals surface area contributed by atoms with Gasteiger partial charge >= 0.3 is 6.61 Å². The monoisotopic (exact) mass is 513 g/mol. The highest BCUT2D eigenvalue weighted by molar-refractivity contribution is 7.99. The summed E-state index contributed by atoms with van der Waals surface area (Å²) in [5.41, 5.74) is 1.95. The number of carbonyl (C=O) groups is 1. The van der Waals surface area contributed by atoms with Crippen molar-refractivity contribution >= 4 is 52.9 Å². The highest BCUT2D eigenvalue weighted by atomic mass is 32.2. The fourth-order valence-corrected chi connectivity index (χ4v) is 5.00. The van der Waals surface area contributed by atoms with E-state index in [-0.39, 0.29) is 24.8 Å². The van der Waals surface area contributed by atoms with Gasteiger partial charge in [-0.25, -0.2) is 0 Å². The number of halogens is 2. The number of hydrogen-bond acceptors (Lipinski definition) is 9. The van der Waals surface area contributed by atoms with E-state index in [1.807, 2.05) is 18.2 Å². The van der Waals surface area contributed by atoms with E-state index in [1.54, 1.807) is 37.3 Å². The molecule has 2 atom stereocenters. The summed E-state index contributed by atoms with van der Waals surface area (Å²) in [6.07, 6.45) is 5.23. The van der Waals surface area contributed by atoms with E-state index < -0.39 is 18.6 Å². The number of carbonyl (C=O) groups excluding carboxylic acids is 1. The van der Waals surface area contributed by atoms with Crippen LogP contribution in [-0.2, 0) is 9.53 Å². The van der Waals surface area contributed by atoms with Crippen LogP contribution in [0, 0.1) is 11.3 Å². The number of nitrogens with zero attached hydrogens (tertiary/aromatic N) is 6. The number of nitrogens with one attached hydrogen (secondary N) is 1. The van der Waals surface area contributed by atoms with Crippen LogP contribution >= 0.6 is 11.8 Å². The number of rotatable bonds is 7. The first-order valence-corrected chi connectivity index (χ1v) is 11.7. The van der Waals surface area contributed by atoms with Gasteiger partial charge in [-0.15, -0.1) is 10.2 Å². The van der Waals surface area contributed by atoms with E-state index in [0.717, 1.165) is 10.3 Å². The third kappa shape index (κ3) is 4.35. The molecule has 3 aromatic rings. The number of hydrogen-bond donors (Lipinski definition) is 1. The van der Waals surface area contributed by atoms with Crippen LogP contribution in [0.2, 0.25) is 0 Å². The maximum Gasteiger partial charge on any atom is 0.346 e. The lowest BCUT2D eigenvalue weighted by molar-refractivity contribution is -0.167. The second-order valence-corrected chi connectivity index (χ2v) is 9.14. The molecular formula is C23H21F2N7O3S. The van der Waals surface area contributed by atoms with Crippen molar-refractivity contribution in [2.45, 2.75) is 29.2 Å². The highest BCUT2D eigenvalue weighted by Crippen LogP contribution is 2.41. The molecule has 5 rings (SSSR count). The van der Waals surface area contributed by atoms with Crippen molar-refractivity contribution in [2.75, 3.05) is 25.6 Å². The number of amides is 1. The van der Waals surface area contributed by atoms with Crippen molar-refractivity contribution < 1.29 is 23.0 Å². The molecule has 0 radical (unpaired) electrons. The van der Waals surface area contributed by atoms with Gasteiger partial charge in [-0.2, -0.15) is 8.78 Å².